The molecule has 0 aliphatic rings. The van der Waals surface area contributed by atoms with Crippen LogP contribution in [0.2, 0.25) is 0 Å². The molecular weight excluding hydrogens is 659 g/mol. The Kier molecular flexibility index (Phi) is 33.6. The summed E-state index contributed by atoms with van der Waals surface area (Å²) in [7, 11) is 1.23. The lowest BCUT2D eigenvalue weighted by atomic mass is 10.0. The minimum absolute atomic E-state index is 0.00812. The topological polar surface area (TPSA) is 108 Å². The van der Waals surface area contributed by atoms with Gasteiger partial charge in [0, 0.05) is 6.42 Å². The highest BCUT2D eigenvalue weighted by atomic mass is 31.2. The van der Waals surface area contributed by atoms with Crippen molar-refractivity contribution in [2.75, 3.05) is 40.9 Å². The van der Waals surface area contributed by atoms with Gasteiger partial charge in [-0.25, -0.2) is 0 Å². The maximum atomic E-state index is 12.8. The van der Waals surface area contributed by atoms with Crippen molar-refractivity contribution in [3.8, 4) is 0 Å². The first kappa shape index (κ1) is 49.7. The quantitative estimate of drug-likeness (QED) is 0.0284. The van der Waals surface area contributed by atoms with Gasteiger partial charge in [0.25, 0.3) is 7.82 Å². The summed E-state index contributed by atoms with van der Waals surface area (Å²) in [6.45, 7) is 4.59. The molecule has 3 atom stereocenters. The van der Waals surface area contributed by atoms with E-state index in [2.05, 4.69) is 43.5 Å². The van der Waals surface area contributed by atoms with Gasteiger partial charge in [-0.05, 0) is 44.9 Å². The van der Waals surface area contributed by atoms with E-state index in [0.717, 1.165) is 44.9 Å². The molecule has 3 unspecified atom stereocenters. The average Bonchev–Trinajstić information content (AvgIpc) is 3.07. The minimum atomic E-state index is -4.59. The van der Waals surface area contributed by atoms with Crippen LogP contribution in [0.1, 0.15) is 174 Å². The minimum Gasteiger partial charge on any atom is -0.756 e. The number of aliphatic hydroxyl groups excluding tert-OH is 1. The second-order valence-electron chi connectivity index (χ2n) is 15.3. The molecule has 0 saturated heterocycles. The molecule has 0 radical (unpaired) electrons. The number of hydrogen-bond donors (Lipinski definition) is 2. The third-order valence-electron chi connectivity index (χ3n) is 9.08. The molecule has 0 rings (SSSR count). The SMILES string of the molecule is CCCCCCC/C=C/CC/C=C/CC/C=C/C(O)C(COP(=O)([O-])OCC[N+](C)(C)C)NC(=O)CCCCCCCCCCCCCCCC. The molecule has 0 aromatic carbocycles. The molecule has 9 heteroatoms. The predicted molar refractivity (Wildman–Crippen MR) is 215 cm³/mol. The zero-order chi connectivity index (χ0) is 37.9. The summed E-state index contributed by atoms with van der Waals surface area (Å²) in [5.74, 6) is -0.213. The molecule has 51 heavy (non-hydrogen) atoms. The van der Waals surface area contributed by atoms with E-state index in [1.807, 2.05) is 27.2 Å². The second-order valence-corrected chi connectivity index (χ2v) is 16.7. The van der Waals surface area contributed by atoms with E-state index in [1.54, 1.807) is 6.08 Å². The van der Waals surface area contributed by atoms with Crippen molar-refractivity contribution in [3.63, 3.8) is 0 Å². The van der Waals surface area contributed by atoms with Gasteiger partial charge >= 0.3 is 0 Å². The third-order valence-corrected chi connectivity index (χ3v) is 10.0. The lowest BCUT2D eigenvalue weighted by molar-refractivity contribution is -0.870. The summed E-state index contributed by atoms with van der Waals surface area (Å²) in [4.78, 5) is 25.2. The number of rotatable bonds is 37. The summed E-state index contributed by atoms with van der Waals surface area (Å²) in [5, 5.41) is 13.7. The number of hydrogen-bond acceptors (Lipinski definition) is 6. The molecule has 0 heterocycles. The first-order valence-corrected chi connectivity index (χ1v) is 22.3. The molecule has 0 saturated carbocycles. The smallest absolute Gasteiger partial charge is 0.268 e. The van der Waals surface area contributed by atoms with Crippen LogP contribution in [0.3, 0.4) is 0 Å². The highest BCUT2D eigenvalue weighted by Gasteiger charge is 2.23. The molecule has 0 bridgehead atoms. The van der Waals surface area contributed by atoms with Gasteiger partial charge in [0.1, 0.15) is 13.2 Å². The van der Waals surface area contributed by atoms with Crippen LogP contribution in [-0.4, -0.2) is 68.5 Å². The number of amides is 1. The third kappa shape index (κ3) is 36.9. The van der Waals surface area contributed by atoms with Crippen LogP contribution in [-0.2, 0) is 18.4 Å². The highest BCUT2D eigenvalue weighted by Crippen LogP contribution is 2.38. The first-order valence-electron chi connectivity index (χ1n) is 20.9. The lowest BCUT2D eigenvalue weighted by Gasteiger charge is -2.29. The molecule has 1 amide bonds. The van der Waals surface area contributed by atoms with Gasteiger partial charge in [-0.2, -0.15) is 0 Å². The summed E-state index contributed by atoms with van der Waals surface area (Å²) in [5.41, 5.74) is 0. The zero-order valence-corrected chi connectivity index (χ0v) is 34.7. The van der Waals surface area contributed by atoms with E-state index < -0.39 is 26.6 Å². The number of aliphatic hydroxyl groups is 1. The van der Waals surface area contributed by atoms with Crippen LogP contribution in [0.4, 0.5) is 0 Å². The molecule has 300 valence electrons. The van der Waals surface area contributed by atoms with Gasteiger partial charge in [-0.1, -0.05) is 159 Å². The van der Waals surface area contributed by atoms with Gasteiger partial charge in [0.2, 0.25) is 5.91 Å². The van der Waals surface area contributed by atoms with Crippen LogP contribution >= 0.6 is 7.82 Å². The van der Waals surface area contributed by atoms with Crippen molar-refractivity contribution in [3.05, 3.63) is 36.5 Å². The Bertz CT molecular complexity index is 933. The number of nitrogens with one attached hydrogen (secondary N) is 1. The van der Waals surface area contributed by atoms with Crippen molar-refractivity contribution < 1.29 is 32.9 Å². The summed E-state index contributed by atoms with van der Waals surface area (Å²) in [6, 6.07) is -0.904. The normalized spacial score (nSPS) is 14.9. The molecule has 8 nitrogen and oxygen atoms in total. The second kappa shape index (κ2) is 34.5. The fourth-order valence-corrected chi connectivity index (χ4v) is 6.43. The number of carbonyl (C=O) groups excluding carboxylic acids is 1. The molecule has 0 spiro atoms. The number of likely N-dealkylation sites (N-methyl/N-ethyl adjacent to an activating group) is 1. The molecule has 0 aliphatic heterocycles. The van der Waals surface area contributed by atoms with E-state index in [-0.39, 0.29) is 12.5 Å². The van der Waals surface area contributed by atoms with Crippen LogP contribution in [0.5, 0.6) is 0 Å². The van der Waals surface area contributed by atoms with Gasteiger partial charge < -0.3 is 28.8 Å². The summed E-state index contributed by atoms with van der Waals surface area (Å²) >= 11 is 0. The van der Waals surface area contributed by atoms with E-state index in [0.29, 0.717) is 17.4 Å². The van der Waals surface area contributed by atoms with Crippen LogP contribution in [0, 0.1) is 0 Å². The fraction of sp³-hybridized carbons (Fsp3) is 0.833. The number of phosphoric ester groups is 1. The highest BCUT2D eigenvalue weighted by molar-refractivity contribution is 7.45. The first-order chi connectivity index (χ1) is 24.5. The van der Waals surface area contributed by atoms with Crippen molar-refractivity contribution in [2.24, 2.45) is 0 Å². The zero-order valence-electron chi connectivity index (χ0n) is 33.8. The van der Waals surface area contributed by atoms with Crippen molar-refractivity contribution >= 4 is 13.7 Å². The van der Waals surface area contributed by atoms with Crippen molar-refractivity contribution in [1.29, 1.82) is 0 Å². The largest absolute Gasteiger partial charge is 0.756 e. The number of unbranched alkanes of at least 4 members (excludes halogenated alkanes) is 20. The van der Waals surface area contributed by atoms with Crippen molar-refractivity contribution in [2.45, 2.75) is 187 Å². The van der Waals surface area contributed by atoms with Crippen LogP contribution < -0.4 is 10.2 Å². The number of carbonyl (C=O) groups is 1. The Morgan fingerprint density at radius 1 is 0.667 bits per heavy atom. The number of phosphoric acid groups is 1. The Labute approximate surface area is 315 Å². The molecule has 0 aliphatic carbocycles. The maximum absolute atomic E-state index is 12.8. The Balaban J connectivity index is 4.55. The van der Waals surface area contributed by atoms with E-state index in [4.69, 9.17) is 9.05 Å². The number of allylic oxidation sites excluding steroid dienone is 5. The monoisotopic (exact) mass is 741 g/mol. The molecule has 0 aromatic rings. The van der Waals surface area contributed by atoms with Crippen LogP contribution in [0.25, 0.3) is 0 Å². The molecule has 0 fully saturated rings. The number of nitrogens with zero attached hydrogens (tertiary/aromatic N) is 1. The molecule has 2 N–H and O–H groups in total. The maximum Gasteiger partial charge on any atom is 0.268 e. The average molecular weight is 741 g/mol. The standard InChI is InChI=1S/C42H81N2O6P/c1-6-8-10-12-14-16-18-20-22-23-25-27-29-31-33-35-41(45)40(39-50-51(47,48)49-38-37-44(3,4)5)43-42(46)36-34-32-30-28-26-24-21-19-17-15-13-11-9-7-2/h18,20,25,27,33,35,40-41,45H,6-17,19,21-24,26,28-32,34,36-39H2,1-5H3,(H-,43,46,47,48)/b20-18+,27-25+,35-33+. The van der Waals surface area contributed by atoms with Gasteiger partial charge in [0.15, 0.2) is 0 Å². The summed E-state index contributed by atoms with van der Waals surface area (Å²) < 4.78 is 23.1. The lowest BCUT2D eigenvalue weighted by Crippen LogP contribution is -2.45. The van der Waals surface area contributed by atoms with Crippen molar-refractivity contribution in [1.82, 2.24) is 5.32 Å². The Morgan fingerprint density at radius 3 is 1.59 bits per heavy atom. The molecule has 0 aromatic heterocycles. The van der Waals surface area contributed by atoms with Gasteiger partial charge in [0.05, 0.1) is 39.9 Å². The van der Waals surface area contributed by atoms with E-state index >= 15 is 0 Å². The van der Waals surface area contributed by atoms with E-state index in [9.17, 15) is 19.4 Å². The van der Waals surface area contributed by atoms with Crippen LogP contribution in [0.15, 0.2) is 36.5 Å². The molecular formula is C42H81N2O6P. The summed E-state index contributed by atoms with van der Waals surface area (Å²) in [6.07, 6.45) is 40.4. The predicted octanol–water partition coefficient (Wildman–Crippen LogP) is 10.5. The van der Waals surface area contributed by atoms with Gasteiger partial charge in [-0.3, -0.25) is 9.36 Å². The van der Waals surface area contributed by atoms with E-state index in [1.165, 1.54) is 109 Å². The fourth-order valence-electron chi connectivity index (χ4n) is 5.71. The Morgan fingerprint density at radius 2 is 1.10 bits per heavy atom. The Hall–Kier alpha value is -1.28. The van der Waals surface area contributed by atoms with Gasteiger partial charge in [-0.15, -0.1) is 0 Å². The number of quaternary nitrogens is 1.